The predicted molar refractivity (Wildman–Crippen MR) is 128 cm³/mol. The van der Waals surface area contributed by atoms with Gasteiger partial charge in [0.15, 0.2) is 0 Å². The molecular weight excluding hydrogens is 402 g/mol. The monoisotopic (exact) mass is 439 g/mol. The molecule has 1 aromatic carbocycles. The van der Waals surface area contributed by atoms with Gasteiger partial charge in [0.05, 0.1) is 0 Å². The molecular formula is C25H37N5O2. The van der Waals surface area contributed by atoms with Gasteiger partial charge in [-0.15, -0.1) is 0 Å². The summed E-state index contributed by atoms with van der Waals surface area (Å²) in [4.78, 5) is 32.5. The molecule has 0 fully saturated rings. The van der Waals surface area contributed by atoms with Gasteiger partial charge in [-0.2, -0.15) is 5.10 Å². The zero-order valence-corrected chi connectivity index (χ0v) is 20.0. The number of rotatable bonds is 5. The van der Waals surface area contributed by atoms with Crippen molar-refractivity contribution in [3.63, 3.8) is 0 Å². The van der Waals surface area contributed by atoms with Crippen molar-refractivity contribution in [1.82, 2.24) is 19.6 Å². The molecule has 0 bridgehead atoms. The van der Waals surface area contributed by atoms with Crippen LogP contribution in [0.1, 0.15) is 56.1 Å². The fraction of sp³-hybridized carbons (Fsp3) is 0.560. The van der Waals surface area contributed by atoms with Crippen molar-refractivity contribution in [2.75, 3.05) is 38.1 Å². The Balaban J connectivity index is 1.92. The van der Waals surface area contributed by atoms with E-state index in [-0.39, 0.29) is 11.8 Å². The van der Waals surface area contributed by atoms with E-state index >= 15 is 0 Å². The Labute approximate surface area is 192 Å². The van der Waals surface area contributed by atoms with Crippen LogP contribution in [0, 0.1) is 5.92 Å². The molecule has 0 saturated carbocycles. The number of fused-ring (bicyclic) bond motifs is 1. The maximum atomic E-state index is 13.4. The highest BCUT2D eigenvalue weighted by atomic mass is 16.2. The molecule has 32 heavy (non-hydrogen) atoms. The number of amides is 2. The van der Waals surface area contributed by atoms with Gasteiger partial charge in [0.25, 0.3) is 5.91 Å². The average Bonchev–Trinajstić information content (AvgIpc) is 3.21. The molecule has 1 aliphatic rings. The molecule has 0 spiro atoms. The smallest absolute Gasteiger partial charge is 0.274 e. The standard InChI is InChI=1S/C25H37N5O2/c1-5-12-29-15-11-22(26-29)25(32)28-17-16-27(4)13-8-14-30(24(31)18-20(2)3)23-10-7-6-9-21(23)19-28/h6-7,9-11,15,20H,5,8,12-14,16-19H2,1-4H3. The molecule has 0 unspecified atom stereocenters. The summed E-state index contributed by atoms with van der Waals surface area (Å²) < 4.78 is 1.83. The Morgan fingerprint density at radius 1 is 1.06 bits per heavy atom. The van der Waals surface area contributed by atoms with Gasteiger partial charge in [-0.25, -0.2) is 0 Å². The summed E-state index contributed by atoms with van der Waals surface area (Å²) in [6, 6.07) is 9.79. The Bertz CT molecular complexity index is 907. The second-order valence-corrected chi connectivity index (χ2v) is 9.12. The first-order valence-electron chi connectivity index (χ1n) is 11.8. The summed E-state index contributed by atoms with van der Waals surface area (Å²) >= 11 is 0. The number of aromatic nitrogens is 2. The lowest BCUT2D eigenvalue weighted by molar-refractivity contribution is -0.119. The van der Waals surface area contributed by atoms with Crippen LogP contribution >= 0.6 is 0 Å². The second-order valence-electron chi connectivity index (χ2n) is 9.12. The Morgan fingerprint density at radius 3 is 2.59 bits per heavy atom. The quantitative estimate of drug-likeness (QED) is 0.714. The topological polar surface area (TPSA) is 61.7 Å². The van der Waals surface area contributed by atoms with Crippen LogP contribution in [0.2, 0.25) is 0 Å². The normalized spacial score (nSPS) is 16.0. The largest absolute Gasteiger partial charge is 0.332 e. The molecule has 2 heterocycles. The molecule has 0 atom stereocenters. The van der Waals surface area contributed by atoms with Gasteiger partial charge in [-0.1, -0.05) is 39.0 Å². The number of carbonyl (C=O) groups is 2. The van der Waals surface area contributed by atoms with E-state index < -0.39 is 0 Å². The van der Waals surface area contributed by atoms with Crippen LogP contribution in [0.15, 0.2) is 36.5 Å². The minimum Gasteiger partial charge on any atom is -0.332 e. The van der Waals surface area contributed by atoms with E-state index in [4.69, 9.17) is 0 Å². The van der Waals surface area contributed by atoms with Crippen LogP contribution in [-0.4, -0.2) is 64.6 Å². The third-order valence-corrected chi connectivity index (χ3v) is 5.80. The van der Waals surface area contributed by atoms with Crippen LogP contribution in [0.5, 0.6) is 0 Å². The lowest BCUT2D eigenvalue weighted by Crippen LogP contribution is -2.37. The third-order valence-electron chi connectivity index (χ3n) is 5.80. The number of benzene rings is 1. The molecule has 2 amide bonds. The molecule has 7 heteroatoms. The summed E-state index contributed by atoms with van der Waals surface area (Å²) in [7, 11) is 2.07. The van der Waals surface area contributed by atoms with Crippen molar-refractivity contribution in [2.45, 2.75) is 53.1 Å². The Hall–Kier alpha value is -2.67. The van der Waals surface area contributed by atoms with E-state index in [1.54, 1.807) is 6.07 Å². The molecule has 0 aliphatic carbocycles. The number of nitrogens with zero attached hydrogens (tertiary/aromatic N) is 5. The van der Waals surface area contributed by atoms with Gasteiger partial charge in [-0.3, -0.25) is 14.3 Å². The minimum atomic E-state index is -0.0673. The van der Waals surface area contributed by atoms with E-state index in [0.717, 1.165) is 43.7 Å². The summed E-state index contributed by atoms with van der Waals surface area (Å²) in [5.41, 5.74) is 2.38. The highest BCUT2D eigenvalue weighted by Gasteiger charge is 2.24. The minimum absolute atomic E-state index is 0.0673. The summed E-state index contributed by atoms with van der Waals surface area (Å²) in [6.07, 6.45) is 4.25. The maximum Gasteiger partial charge on any atom is 0.274 e. The van der Waals surface area contributed by atoms with Gasteiger partial charge >= 0.3 is 0 Å². The molecule has 0 saturated heterocycles. The highest BCUT2D eigenvalue weighted by molar-refractivity contribution is 5.95. The average molecular weight is 440 g/mol. The predicted octanol–water partition coefficient (Wildman–Crippen LogP) is 3.65. The van der Waals surface area contributed by atoms with Gasteiger partial charge in [-0.05, 0) is 50.0 Å². The number of para-hydroxylation sites is 1. The van der Waals surface area contributed by atoms with Crippen molar-refractivity contribution in [2.24, 2.45) is 5.92 Å². The van der Waals surface area contributed by atoms with E-state index in [9.17, 15) is 9.59 Å². The van der Waals surface area contributed by atoms with Gasteiger partial charge in [0, 0.05) is 51.0 Å². The molecule has 3 rings (SSSR count). The lowest BCUT2D eigenvalue weighted by atomic mass is 10.1. The molecule has 7 nitrogen and oxygen atoms in total. The molecule has 1 aromatic heterocycles. The fourth-order valence-electron chi connectivity index (χ4n) is 4.10. The van der Waals surface area contributed by atoms with Gasteiger partial charge in [0.1, 0.15) is 5.69 Å². The first kappa shape index (κ1) is 24.0. The highest BCUT2D eigenvalue weighted by Crippen LogP contribution is 2.25. The fourth-order valence-corrected chi connectivity index (χ4v) is 4.10. The number of likely N-dealkylation sites (N-methyl/N-ethyl adjacent to an activating group) is 1. The first-order valence-corrected chi connectivity index (χ1v) is 11.8. The molecule has 0 N–H and O–H groups in total. The van der Waals surface area contributed by atoms with Crippen molar-refractivity contribution in [3.05, 3.63) is 47.8 Å². The number of carbonyl (C=O) groups excluding carboxylic acids is 2. The Kier molecular flexibility index (Phi) is 8.45. The van der Waals surface area contributed by atoms with E-state index in [2.05, 4.69) is 37.8 Å². The van der Waals surface area contributed by atoms with Crippen LogP contribution in [0.25, 0.3) is 0 Å². The van der Waals surface area contributed by atoms with E-state index in [1.165, 1.54) is 0 Å². The van der Waals surface area contributed by atoms with Crippen LogP contribution in [-0.2, 0) is 17.9 Å². The zero-order valence-electron chi connectivity index (χ0n) is 20.0. The third kappa shape index (κ3) is 6.19. The summed E-state index contributed by atoms with van der Waals surface area (Å²) in [5, 5.41) is 4.49. The number of aryl methyl sites for hydroxylation is 1. The van der Waals surface area contributed by atoms with Crippen LogP contribution in [0.4, 0.5) is 5.69 Å². The lowest BCUT2D eigenvalue weighted by Gasteiger charge is -2.28. The van der Waals surface area contributed by atoms with Crippen molar-refractivity contribution < 1.29 is 9.59 Å². The second kappa shape index (κ2) is 11.3. The Morgan fingerprint density at radius 2 is 1.84 bits per heavy atom. The molecule has 2 aromatic rings. The number of anilines is 1. The van der Waals surface area contributed by atoms with E-state index in [0.29, 0.717) is 37.7 Å². The van der Waals surface area contributed by atoms with Crippen molar-refractivity contribution in [1.29, 1.82) is 0 Å². The number of hydrogen-bond donors (Lipinski definition) is 0. The van der Waals surface area contributed by atoms with Gasteiger partial charge in [0.2, 0.25) is 5.91 Å². The summed E-state index contributed by atoms with van der Waals surface area (Å²) in [6.45, 7) is 10.4. The van der Waals surface area contributed by atoms with Crippen LogP contribution in [0.3, 0.4) is 0 Å². The molecule has 0 radical (unpaired) electrons. The van der Waals surface area contributed by atoms with Crippen molar-refractivity contribution in [3.8, 4) is 0 Å². The first-order chi connectivity index (χ1) is 15.4. The maximum absolute atomic E-state index is 13.4. The summed E-state index contributed by atoms with van der Waals surface area (Å²) in [5.74, 6) is 0.375. The molecule has 1 aliphatic heterocycles. The zero-order chi connectivity index (χ0) is 23.1. The van der Waals surface area contributed by atoms with Crippen LogP contribution < -0.4 is 4.90 Å². The molecule has 174 valence electrons. The number of hydrogen-bond acceptors (Lipinski definition) is 4. The van der Waals surface area contributed by atoms with E-state index in [1.807, 2.05) is 44.9 Å². The van der Waals surface area contributed by atoms with Crippen molar-refractivity contribution >= 4 is 17.5 Å². The SMILES string of the molecule is CCCn1ccc(C(=O)N2CCN(C)CCCN(C(=O)CC(C)C)c3ccccc3C2)n1. The van der Waals surface area contributed by atoms with Gasteiger partial charge < -0.3 is 14.7 Å².